The van der Waals surface area contributed by atoms with E-state index in [2.05, 4.69) is 15.4 Å². The largest absolute Gasteiger partial charge is 0.378 e. The molecule has 1 N–H and O–H groups in total. The molecule has 8 nitrogen and oxygen atoms in total. The Morgan fingerprint density at radius 1 is 1.26 bits per heavy atom. The lowest BCUT2D eigenvalue weighted by Gasteiger charge is -2.29. The molecule has 0 saturated carbocycles. The molecule has 9 heteroatoms. The minimum absolute atomic E-state index is 0.0501. The van der Waals surface area contributed by atoms with E-state index in [0.29, 0.717) is 42.5 Å². The van der Waals surface area contributed by atoms with Gasteiger partial charge in [0.15, 0.2) is 0 Å². The van der Waals surface area contributed by atoms with Crippen LogP contribution in [0.5, 0.6) is 0 Å². The van der Waals surface area contributed by atoms with Crippen molar-refractivity contribution in [2.75, 3.05) is 31.2 Å². The summed E-state index contributed by atoms with van der Waals surface area (Å²) in [6.45, 7) is 2.50. The molecule has 1 saturated heterocycles. The van der Waals surface area contributed by atoms with Gasteiger partial charge >= 0.3 is 0 Å². The van der Waals surface area contributed by atoms with Gasteiger partial charge in [-0.25, -0.2) is 5.43 Å². The number of halogens is 1. The van der Waals surface area contributed by atoms with Crippen molar-refractivity contribution >= 4 is 35.1 Å². The van der Waals surface area contributed by atoms with Crippen molar-refractivity contribution in [1.29, 1.82) is 0 Å². The average Bonchev–Trinajstić information content (AvgIpc) is 2.68. The van der Waals surface area contributed by atoms with Gasteiger partial charge in [-0.2, -0.15) is 5.10 Å². The number of nitro benzene ring substituents is 1. The number of benzene rings is 2. The van der Waals surface area contributed by atoms with Gasteiger partial charge in [0.1, 0.15) is 0 Å². The molecule has 2 aromatic rings. The lowest BCUT2D eigenvalue weighted by atomic mass is 10.1. The van der Waals surface area contributed by atoms with Crippen molar-refractivity contribution in [3.63, 3.8) is 0 Å². The van der Waals surface area contributed by atoms with Crippen LogP contribution in [0.3, 0.4) is 0 Å². The van der Waals surface area contributed by atoms with Crippen LogP contribution in [0.4, 0.5) is 11.4 Å². The second kappa shape index (κ2) is 8.61. The lowest BCUT2D eigenvalue weighted by molar-refractivity contribution is -0.384. The first kappa shape index (κ1) is 18.8. The molecule has 3 rings (SSSR count). The predicted molar refractivity (Wildman–Crippen MR) is 103 cm³/mol. The molecule has 1 fully saturated rings. The summed E-state index contributed by atoms with van der Waals surface area (Å²) in [5.41, 5.74) is 3.97. The van der Waals surface area contributed by atoms with Crippen LogP contribution in [0.1, 0.15) is 15.9 Å². The zero-order valence-electron chi connectivity index (χ0n) is 14.3. The number of hydrazone groups is 1. The topological polar surface area (TPSA) is 97.1 Å². The van der Waals surface area contributed by atoms with Crippen LogP contribution in [-0.2, 0) is 4.74 Å². The summed E-state index contributed by atoms with van der Waals surface area (Å²) in [5, 5.41) is 15.4. The molecule has 2 aromatic carbocycles. The Morgan fingerprint density at radius 2 is 2.00 bits per heavy atom. The number of morpholine rings is 1. The highest BCUT2D eigenvalue weighted by Gasteiger charge is 2.17. The van der Waals surface area contributed by atoms with Crippen molar-refractivity contribution in [2.45, 2.75) is 0 Å². The predicted octanol–water partition coefficient (Wildman–Crippen LogP) is 2.85. The van der Waals surface area contributed by atoms with Crippen LogP contribution in [-0.4, -0.2) is 43.3 Å². The SMILES string of the molecule is O=C(N/N=C\c1cc([N+](=O)[O-])ccc1N1CCOCC1)c1ccccc1Cl. The van der Waals surface area contributed by atoms with E-state index >= 15 is 0 Å². The quantitative estimate of drug-likeness (QED) is 0.482. The molecular formula is C18H17ClN4O4. The molecule has 0 aliphatic carbocycles. The van der Waals surface area contributed by atoms with E-state index in [1.54, 1.807) is 30.3 Å². The van der Waals surface area contributed by atoms with Crippen molar-refractivity contribution in [3.05, 3.63) is 68.7 Å². The third kappa shape index (κ3) is 4.60. The fraction of sp³-hybridized carbons (Fsp3) is 0.222. The van der Waals surface area contributed by atoms with Crippen LogP contribution in [0.25, 0.3) is 0 Å². The minimum atomic E-state index is -0.469. The van der Waals surface area contributed by atoms with Gasteiger partial charge in [0, 0.05) is 36.5 Å². The third-order valence-electron chi connectivity index (χ3n) is 4.06. The molecule has 27 heavy (non-hydrogen) atoms. The van der Waals surface area contributed by atoms with Crippen LogP contribution >= 0.6 is 11.6 Å². The Labute approximate surface area is 160 Å². The second-order valence-corrected chi connectivity index (χ2v) is 6.19. The number of non-ortho nitro benzene ring substituents is 1. The fourth-order valence-electron chi connectivity index (χ4n) is 2.72. The van der Waals surface area contributed by atoms with E-state index in [4.69, 9.17) is 16.3 Å². The van der Waals surface area contributed by atoms with Gasteiger partial charge in [-0.05, 0) is 18.2 Å². The molecule has 0 aromatic heterocycles. The number of hydrogen-bond donors (Lipinski definition) is 1. The van der Waals surface area contributed by atoms with E-state index in [1.165, 1.54) is 18.3 Å². The molecule has 140 valence electrons. The Kier molecular flexibility index (Phi) is 6.00. The summed E-state index contributed by atoms with van der Waals surface area (Å²) in [4.78, 5) is 24.9. The van der Waals surface area contributed by atoms with Crippen LogP contribution < -0.4 is 10.3 Å². The first-order chi connectivity index (χ1) is 13.1. The van der Waals surface area contributed by atoms with Crippen molar-refractivity contribution in [3.8, 4) is 0 Å². The molecule has 1 heterocycles. The summed E-state index contributed by atoms with van der Waals surface area (Å²) in [7, 11) is 0. The zero-order valence-corrected chi connectivity index (χ0v) is 15.1. The van der Waals surface area contributed by atoms with Gasteiger partial charge < -0.3 is 9.64 Å². The molecule has 0 radical (unpaired) electrons. The standard InChI is InChI=1S/C18H17ClN4O4/c19-16-4-2-1-3-15(16)18(24)21-20-12-13-11-14(23(25)26)5-6-17(13)22-7-9-27-10-8-22/h1-6,11-12H,7-10H2,(H,21,24)/b20-12-. The van der Waals surface area contributed by atoms with Gasteiger partial charge in [-0.3, -0.25) is 14.9 Å². The number of hydrogen-bond acceptors (Lipinski definition) is 6. The number of nitrogens with zero attached hydrogens (tertiary/aromatic N) is 3. The number of carbonyl (C=O) groups excluding carboxylic acids is 1. The van der Waals surface area contributed by atoms with E-state index in [0.717, 1.165) is 5.69 Å². The van der Waals surface area contributed by atoms with E-state index in [9.17, 15) is 14.9 Å². The highest BCUT2D eigenvalue weighted by atomic mass is 35.5. The van der Waals surface area contributed by atoms with Gasteiger partial charge in [0.25, 0.3) is 11.6 Å². The number of anilines is 1. The first-order valence-corrected chi connectivity index (χ1v) is 8.63. The maximum Gasteiger partial charge on any atom is 0.272 e. The molecular weight excluding hydrogens is 372 g/mol. The average molecular weight is 389 g/mol. The molecule has 0 unspecified atom stereocenters. The van der Waals surface area contributed by atoms with Crippen LogP contribution in [0.15, 0.2) is 47.6 Å². The van der Waals surface area contributed by atoms with E-state index in [1.807, 2.05) is 0 Å². The zero-order chi connectivity index (χ0) is 19.2. The lowest BCUT2D eigenvalue weighted by Crippen LogP contribution is -2.36. The van der Waals surface area contributed by atoms with Crippen molar-refractivity contribution in [1.82, 2.24) is 5.43 Å². The third-order valence-corrected chi connectivity index (χ3v) is 4.39. The molecule has 0 atom stereocenters. The molecule has 0 spiro atoms. The number of rotatable bonds is 5. The van der Waals surface area contributed by atoms with E-state index in [-0.39, 0.29) is 5.69 Å². The molecule has 0 bridgehead atoms. The monoisotopic (exact) mass is 388 g/mol. The fourth-order valence-corrected chi connectivity index (χ4v) is 2.94. The van der Waals surface area contributed by atoms with Gasteiger partial charge in [-0.15, -0.1) is 0 Å². The van der Waals surface area contributed by atoms with E-state index < -0.39 is 10.8 Å². The summed E-state index contributed by atoms with van der Waals surface area (Å²) in [6, 6.07) is 11.2. The van der Waals surface area contributed by atoms with Crippen molar-refractivity contribution in [2.24, 2.45) is 5.10 Å². The molecule has 1 amide bonds. The Hall–Kier alpha value is -2.97. The van der Waals surface area contributed by atoms with Crippen molar-refractivity contribution < 1.29 is 14.5 Å². The Bertz CT molecular complexity index is 881. The number of amides is 1. The first-order valence-electron chi connectivity index (χ1n) is 8.25. The van der Waals surface area contributed by atoms with Crippen LogP contribution in [0, 0.1) is 10.1 Å². The Balaban J connectivity index is 1.82. The molecule has 1 aliphatic rings. The smallest absolute Gasteiger partial charge is 0.272 e. The van der Waals surface area contributed by atoms with Gasteiger partial charge in [0.05, 0.1) is 34.9 Å². The number of nitrogens with one attached hydrogen (secondary N) is 1. The summed E-state index contributed by atoms with van der Waals surface area (Å²) in [5.74, 6) is -0.463. The highest BCUT2D eigenvalue weighted by molar-refractivity contribution is 6.33. The Morgan fingerprint density at radius 3 is 2.70 bits per heavy atom. The molecule has 1 aliphatic heterocycles. The number of ether oxygens (including phenoxy) is 1. The maximum atomic E-state index is 12.2. The second-order valence-electron chi connectivity index (χ2n) is 5.78. The normalized spacial score (nSPS) is 14.3. The summed E-state index contributed by atoms with van der Waals surface area (Å²) >= 11 is 5.99. The minimum Gasteiger partial charge on any atom is -0.378 e. The number of carbonyl (C=O) groups is 1. The van der Waals surface area contributed by atoms with Gasteiger partial charge in [0.2, 0.25) is 0 Å². The van der Waals surface area contributed by atoms with Crippen LogP contribution in [0.2, 0.25) is 5.02 Å². The summed E-state index contributed by atoms with van der Waals surface area (Å²) < 4.78 is 5.34. The highest BCUT2D eigenvalue weighted by Crippen LogP contribution is 2.25. The maximum absolute atomic E-state index is 12.2. The number of nitro groups is 1. The van der Waals surface area contributed by atoms with Gasteiger partial charge in [-0.1, -0.05) is 23.7 Å². The summed E-state index contributed by atoms with van der Waals surface area (Å²) in [6.07, 6.45) is 1.40.